The maximum atomic E-state index is 11.7. The third kappa shape index (κ3) is 6.41. The second kappa shape index (κ2) is 9.96. The first kappa shape index (κ1) is 26.9. The lowest BCUT2D eigenvalue weighted by atomic mass is 9.63. The van der Waals surface area contributed by atoms with Crippen LogP contribution in [0.25, 0.3) is 16.5 Å². The zero-order chi connectivity index (χ0) is 27.0. The van der Waals surface area contributed by atoms with Gasteiger partial charge in [0.25, 0.3) is 0 Å². The molecule has 0 bridgehead atoms. The van der Waals surface area contributed by atoms with Crippen LogP contribution in [0.4, 0.5) is 11.6 Å². The fraction of sp³-hybridized carbons (Fsp3) is 0.429. The van der Waals surface area contributed by atoms with E-state index in [4.69, 9.17) is 0 Å². The van der Waals surface area contributed by atoms with Crippen LogP contribution in [-0.2, 0) is 10.4 Å². The van der Waals surface area contributed by atoms with Gasteiger partial charge in [0.15, 0.2) is 0 Å². The number of nitrogens with one attached hydrogen (secondary N) is 1. The number of carboxylic acids is 1. The van der Waals surface area contributed by atoms with Crippen LogP contribution in [0.15, 0.2) is 42.7 Å². The minimum atomic E-state index is -1.14. The highest BCUT2D eigenvalue weighted by Gasteiger charge is 2.49. The molecule has 0 aliphatic heterocycles. The van der Waals surface area contributed by atoms with Crippen molar-refractivity contribution in [2.75, 3.05) is 5.32 Å². The summed E-state index contributed by atoms with van der Waals surface area (Å²) in [6.07, 6.45) is 7.99. The van der Waals surface area contributed by atoms with Crippen LogP contribution in [0.3, 0.4) is 0 Å². The molecule has 9 heteroatoms. The molecule has 0 amide bonds. The molecule has 0 unspecified atom stereocenters. The lowest BCUT2D eigenvalue weighted by Crippen LogP contribution is -2.44. The molecule has 37 heavy (non-hydrogen) atoms. The quantitative estimate of drug-likeness (QED) is 0.319. The Morgan fingerprint density at radius 1 is 1.24 bits per heavy atom. The predicted molar refractivity (Wildman–Crippen MR) is 146 cm³/mol. The Morgan fingerprint density at radius 3 is 2.68 bits per heavy atom. The number of aryl methyl sites for hydroxylation is 1. The molecule has 3 aromatic rings. The minimum absolute atomic E-state index is 0.347. The third-order valence-corrected chi connectivity index (χ3v) is 7.94. The van der Waals surface area contributed by atoms with Crippen molar-refractivity contribution in [1.29, 1.82) is 0 Å². The molecule has 1 fully saturated rings. The molecule has 0 saturated heterocycles. The predicted octanol–water partition coefficient (Wildman–Crippen LogP) is 5.53. The number of rotatable bonds is 7. The maximum absolute atomic E-state index is 11.7. The Morgan fingerprint density at radius 2 is 2.00 bits per heavy atom. The van der Waals surface area contributed by atoms with Crippen LogP contribution in [0.2, 0.25) is 0 Å². The van der Waals surface area contributed by atoms with Crippen LogP contribution in [0.1, 0.15) is 63.2 Å². The van der Waals surface area contributed by atoms with Gasteiger partial charge in [0.05, 0.1) is 22.1 Å². The second-order valence-electron chi connectivity index (χ2n) is 11.2. The summed E-state index contributed by atoms with van der Waals surface area (Å²) in [6, 6.07) is 7.81. The van der Waals surface area contributed by atoms with E-state index in [1.165, 1.54) is 11.3 Å². The molecule has 4 rings (SSSR count). The van der Waals surface area contributed by atoms with E-state index in [1.54, 1.807) is 44.5 Å². The first-order valence-corrected chi connectivity index (χ1v) is 13.1. The summed E-state index contributed by atoms with van der Waals surface area (Å²) in [5.41, 5.74) is 0.858. The van der Waals surface area contributed by atoms with Gasteiger partial charge in [-0.3, -0.25) is 4.79 Å². The number of thiazole rings is 1. The molecule has 8 nitrogen and oxygen atoms in total. The van der Waals surface area contributed by atoms with E-state index in [-0.39, 0.29) is 0 Å². The summed E-state index contributed by atoms with van der Waals surface area (Å²) in [4.78, 5) is 26.0. The van der Waals surface area contributed by atoms with Crippen molar-refractivity contribution >= 4 is 35.0 Å². The summed E-state index contributed by atoms with van der Waals surface area (Å²) in [6.45, 7) is 9.21. The topological polar surface area (TPSA) is 128 Å². The maximum Gasteiger partial charge on any atom is 0.307 e. The van der Waals surface area contributed by atoms with Crippen LogP contribution in [-0.4, -0.2) is 41.8 Å². The van der Waals surface area contributed by atoms with Gasteiger partial charge in [-0.15, -0.1) is 11.3 Å². The minimum Gasteiger partial charge on any atom is -0.481 e. The Bertz CT molecular complexity index is 1330. The third-order valence-electron chi connectivity index (χ3n) is 6.70. The average Bonchev–Trinajstić information content (AvgIpc) is 3.28. The smallest absolute Gasteiger partial charge is 0.307 e. The first-order chi connectivity index (χ1) is 17.2. The molecule has 0 spiro atoms. The van der Waals surface area contributed by atoms with Crippen molar-refractivity contribution in [3.05, 3.63) is 59.0 Å². The molecule has 1 aliphatic carbocycles. The summed E-state index contributed by atoms with van der Waals surface area (Å²) < 4.78 is 0. The van der Waals surface area contributed by atoms with E-state index in [0.717, 1.165) is 21.7 Å². The van der Waals surface area contributed by atoms with Crippen LogP contribution >= 0.6 is 11.3 Å². The highest BCUT2D eigenvalue weighted by molar-refractivity contribution is 7.15. The molecular weight excluding hydrogens is 488 g/mol. The molecule has 1 aliphatic rings. The summed E-state index contributed by atoms with van der Waals surface area (Å²) >= 11 is 1.44. The molecule has 2 atom stereocenters. The molecular formula is C28H34N4O4S. The van der Waals surface area contributed by atoms with Crippen LogP contribution < -0.4 is 5.32 Å². The zero-order valence-electron chi connectivity index (χ0n) is 21.8. The molecule has 4 N–H and O–H groups in total. The van der Waals surface area contributed by atoms with Crippen LogP contribution in [0, 0.1) is 18.3 Å². The monoisotopic (exact) mass is 522 g/mol. The molecule has 2 heterocycles. The Labute approximate surface area is 221 Å². The van der Waals surface area contributed by atoms with Gasteiger partial charge in [-0.1, -0.05) is 26.0 Å². The number of hydrogen-bond donors (Lipinski definition) is 4. The van der Waals surface area contributed by atoms with Gasteiger partial charge >= 0.3 is 5.97 Å². The fourth-order valence-electron chi connectivity index (χ4n) is 4.94. The first-order valence-electron chi connectivity index (χ1n) is 12.3. The summed E-state index contributed by atoms with van der Waals surface area (Å²) in [5.74, 6) is -0.857. The van der Waals surface area contributed by atoms with Gasteiger partial charge in [0, 0.05) is 18.1 Å². The van der Waals surface area contributed by atoms with Gasteiger partial charge in [-0.2, -0.15) is 0 Å². The highest BCUT2D eigenvalue weighted by atomic mass is 32.1. The van der Waals surface area contributed by atoms with E-state index < -0.39 is 28.5 Å². The molecule has 1 aromatic carbocycles. The second-order valence-corrected chi connectivity index (χ2v) is 12.2. The van der Waals surface area contributed by atoms with Crippen molar-refractivity contribution in [3.63, 3.8) is 0 Å². The van der Waals surface area contributed by atoms with Gasteiger partial charge in [0.2, 0.25) is 5.95 Å². The van der Waals surface area contributed by atoms with E-state index in [1.807, 2.05) is 32.9 Å². The Kier molecular flexibility index (Phi) is 7.25. The number of carbonyl (C=O) groups is 1. The molecule has 0 radical (unpaired) electrons. The standard InChI is InChI=1S/C28H34N4O4S/c1-17-12-18(14-20(13-17)32-25-29-11-8-19(31-25)6-9-27(4,5)35)22-15-30-24(37-22)28(36)10-7-21(23(33)34)26(2,3)16-28/h6,8-9,11-15,21,35-36H,7,10,16H2,1-5H3,(H,33,34)(H,29,31,32)/b9-6+/t21-,28-/m1/s1. The lowest BCUT2D eigenvalue weighted by molar-refractivity contribution is -0.154. The van der Waals surface area contributed by atoms with Crippen molar-refractivity contribution < 1.29 is 20.1 Å². The Balaban J connectivity index is 1.56. The number of aromatic nitrogens is 3. The van der Waals surface area contributed by atoms with Crippen molar-refractivity contribution in [2.45, 2.75) is 65.1 Å². The van der Waals surface area contributed by atoms with Crippen molar-refractivity contribution in [3.8, 4) is 10.4 Å². The number of aliphatic carboxylic acids is 1. The van der Waals surface area contributed by atoms with Gasteiger partial charge < -0.3 is 20.6 Å². The fourth-order valence-corrected chi connectivity index (χ4v) is 5.96. The number of nitrogens with zero attached hydrogens (tertiary/aromatic N) is 3. The SMILES string of the molecule is Cc1cc(Nc2nccc(/C=C/C(C)(C)O)n2)cc(-c2cnc([C@@]3(O)CC[C@H](C(=O)O)C(C)(C)C3)s2)c1. The number of hydrogen-bond acceptors (Lipinski definition) is 8. The van der Waals surface area contributed by atoms with Gasteiger partial charge in [-0.25, -0.2) is 15.0 Å². The lowest BCUT2D eigenvalue weighted by Gasteiger charge is -2.44. The van der Waals surface area contributed by atoms with E-state index in [9.17, 15) is 20.1 Å². The number of benzene rings is 1. The average molecular weight is 523 g/mol. The van der Waals surface area contributed by atoms with Gasteiger partial charge in [0.1, 0.15) is 10.6 Å². The number of carboxylic acid groups (broad SMARTS) is 1. The van der Waals surface area contributed by atoms with E-state index in [2.05, 4.69) is 26.3 Å². The summed E-state index contributed by atoms with van der Waals surface area (Å²) in [7, 11) is 0. The largest absolute Gasteiger partial charge is 0.481 e. The molecule has 196 valence electrons. The van der Waals surface area contributed by atoms with E-state index in [0.29, 0.717) is 35.9 Å². The van der Waals surface area contributed by atoms with Crippen molar-refractivity contribution in [2.24, 2.45) is 11.3 Å². The summed E-state index contributed by atoms with van der Waals surface area (Å²) in [5, 5.41) is 34.8. The molecule has 1 saturated carbocycles. The molecule has 2 aromatic heterocycles. The number of anilines is 2. The normalized spacial score (nSPS) is 21.8. The van der Waals surface area contributed by atoms with Crippen LogP contribution in [0.5, 0.6) is 0 Å². The van der Waals surface area contributed by atoms with Crippen molar-refractivity contribution in [1.82, 2.24) is 15.0 Å². The van der Waals surface area contributed by atoms with E-state index >= 15 is 0 Å². The number of aliphatic hydroxyl groups is 2. The van der Waals surface area contributed by atoms with Gasteiger partial charge in [-0.05, 0) is 80.9 Å². The zero-order valence-corrected chi connectivity index (χ0v) is 22.6. The Hall–Kier alpha value is -3.14. The highest BCUT2D eigenvalue weighted by Crippen LogP contribution is 2.50.